The Kier molecular flexibility index (Phi) is 5.57. The van der Waals surface area contributed by atoms with E-state index in [9.17, 15) is 14.7 Å². The monoisotopic (exact) mass is 285 g/mol. The third-order valence-electron chi connectivity index (χ3n) is 4.02. The molecule has 1 aliphatic heterocycles. The van der Waals surface area contributed by atoms with E-state index in [0.717, 1.165) is 6.42 Å². The van der Waals surface area contributed by atoms with Crippen LogP contribution in [-0.2, 0) is 14.3 Å². The van der Waals surface area contributed by atoms with Crippen LogP contribution in [0, 0.1) is 16.7 Å². The molecule has 20 heavy (non-hydrogen) atoms. The van der Waals surface area contributed by atoms with E-state index >= 15 is 0 Å². The van der Waals surface area contributed by atoms with Crippen molar-refractivity contribution in [2.24, 2.45) is 16.7 Å². The van der Waals surface area contributed by atoms with Crippen molar-refractivity contribution in [2.45, 2.75) is 47.0 Å². The van der Waals surface area contributed by atoms with Crippen LogP contribution in [0.25, 0.3) is 0 Å². The van der Waals surface area contributed by atoms with E-state index in [2.05, 4.69) is 19.2 Å². The zero-order valence-corrected chi connectivity index (χ0v) is 13.0. The second-order valence-electron chi connectivity index (χ2n) is 6.86. The summed E-state index contributed by atoms with van der Waals surface area (Å²) in [7, 11) is 0. The lowest BCUT2D eigenvalue weighted by Crippen LogP contribution is -2.49. The van der Waals surface area contributed by atoms with Crippen molar-refractivity contribution in [1.82, 2.24) is 5.32 Å². The number of nitrogens with one attached hydrogen (secondary N) is 1. The zero-order valence-electron chi connectivity index (χ0n) is 13.0. The number of carboxylic acids is 1. The molecule has 0 saturated carbocycles. The van der Waals surface area contributed by atoms with Crippen LogP contribution in [0.4, 0.5) is 0 Å². The first-order valence-corrected chi connectivity index (χ1v) is 7.29. The standard InChI is InChI=1S/C15H27NO4/c1-11(2)9-14(3,4)12(17)16-10-15(13(18)19)5-7-20-8-6-15/h11H,5-10H2,1-4H3,(H,16,17)(H,18,19). The fourth-order valence-corrected chi connectivity index (χ4v) is 2.83. The lowest BCUT2D eigenvalue weighted by atomic mass is 9.79. The predicted molar refractivity (Wildman–Crippen MR) is 76.4 cm³/mol. The molecule has 1 heterocycles. The normalized spacial score (nSPS) is 18.9. The molecule has 1 aliphatic rings. The first kappa shape index (κ1) is 17.0. The minimum Gasteiger partial charge on any atom is -0.481 e. The molecule has 0 unspecified atom stereocenters. The molecular formula is C15H27NO4. The first-order valence-electron chi connectivity index (χ1n) is 7.29. The average molecular weight is 285 g/mol. The molecule has 5 nitrogen and oxygen atoms in total. The van der Waals surface area contributed by atoms with Crippen LogP contribution in [0.3, 0.4) is 0 Å². The fraction of sp³-hybridized carbons (Fsp3) is 0.867. The van der Waals surface area contributed by atoms with Gasteiger partial charge >= 0.3 is 5.97 Å². The van der Waals surface area contributed by atoms with Crippen molar-refractivity contribution in [3.05, 3.63) is 0 Å². The maximum atomic E-state index is 12.3. The molecular weight excluding hydrogens is 258 g/mol. The van der Waals surface area contributed by atoms with Gasteiger partial charge in [0.1, 0.15) is 0 Å². The summed E-state index contributed by atoms with van der Waals surface area (Å²) < 4.78 is 5.23. The van der Waals surface area contributed by atoms with Gasteiger partial charge in [0.15, 0.2) is 0 Å². The Morgan fingerprint density at radius 1 is 1.30 bits per heavy atom. The SMILES string of the molecule is CC(C)CC(C)(C)C(=O)NCC1(C(=O)O)CCOCC1. The Balaban J connectivity index is 2.63. The Bertz CT molecular complexity index is 357. The topological polar surface area (TPSA) is 75.6 Å². The highest BCUT2D eigenvalue weighted by molar-refractivity contribution is 5.83. The van der Waals surface area contributed by atoms with Gasteiger partial charge in [-0.25, -0.2) is 0 Å². The van der Waals surface area contributed by atoms with Gasteiger partial charge in [-0.1, -0.05) is 27.7 Å². The van der Waals surface area contributed by atoms with Crippen LogP contribution in [-0.4, -0.2) is 36.7 Å². The first-order chi connectivity index (χ1) is 9.19. The van der Waals surface area contributed by atoms with Gasteiger partial charge in [0.25, 0.3) is 0 Å². The number of hydrogen-bond acceptors (Lipinski definition) is 3. The Hall–Kier alpha value is -1.10. The fourth-order valence-electron chi connectivity index (χ4n) is 2.83. The van der Waals surface area contributed by atoms with E-state index < -0.39 is 16.8 Å². The maximum absolute atomic E-state index is 12.3. The van der Waals surface area contributed by atoms with Gasteiger partial charge in [0.05, 0.1) is 5.41 Å². The van der Waals surface area contributed by atoms with Gasteiger partial charge in [-0.15, -0.1) is 0 Å². The van der Waals surface area contributed by atoms with E-state index in [0.29, 0.717) is 32.0 Å². The van der Waals surface area contributed by atoms with Gasteiger partial charge in [-0.05, 0) is 25.2 Å². The molecule has 1 fully saturated rings. The highest BCUT2D eigenvalue weighted by Crippen LogP contribution is 2.31. The van der Waals surface area contributed by atoms with Gasteiger partial charge < -0.3 is 15.2 Å². The van der Waals surface area contributed by atoms with E-state index in [1.807, 2.05) is 13.8 Å². The number of carbonyl (C=O) groups is 2. The molecule has 0 bridgehead atoms. The van der Waals surface area contributed by atoms with Crippen molar-refractivity contribution in [2.75, 3.05) is 19.8 Å². The molecule has 0 radical (unpaired) electrons. The summed E-state index contributed by atoms with van der Waals surface area (Å²) in [6.07, 6.45) is 1.68. The second-order valence-corrected chi connectivity index (χ2v) is 6.86. The molecule has 116 valence electrons. The van der Waals surface area contributed by atoms with Gasteiger partial charge in [0.2, 0.25) is 5.91 Å². The van der Waals surface area contributed by atoms with Crippen LogP contribution >= 0.6 is 0 Å². The molecule has 1 saturated heterocycles. The Labute approximate surface area is 121 Å². The molecule has 0 aromatic heterocycles. The van der Waals surface area contributed by atoms with Crippen molar-refractivity contribution in [1.29, 1.82) is 0 Å². The van der Waals surface area contributed by atoms with E-state index in [4.69, 9.17) is 4.74 Å². The molecule has 0 spiro atoms. The predicted octanol–water partition coefficient (Wildman–Crippen LogP) is 2.06. The molecule has 0 atom stereocenters. The lowest BCUT2D eigenvalue weighted by Gasteiger charge is -2.34. The largest absolute Gasteiger partial charge is 0.481 e. The van der Waals surface area contributed by atoms with E-state index in [1.165, 1.54) is 0 Å². The molecule has 1 rings (SSSR count). The zero-order chi connectivity index (χ0) is 15.4. The number of ether oxygens (including phenoxy) is 1. The second kappa shape index (κ2) is 6.57. The number of carbonyl (C=O) groups excluding carboxylic acids is 1. The van der Waals surface area contributed by atoms with Crippen LogP contribution in [0.1, 0.15) is 47.0 Å². The lowest BCUT2D eigenvalue weighted by molar-refractivity contribution is -0.155. The summed E-state index contributed by atoms with van der Waals surface area (Å²) in [6, 6.07) is 0. The van der Waals surface area contributed by atoms with Crippen LogP contribution in [0.5, 0.6) is 0 Å². The van der Waals surface area contributed by atoms with Crippen molar-refractivity contribution >= 4 is 11.9 Å². The average Bonchev–Trinajstić information content (AvgIpc) is 2.35. The molecule has 5 heteroatoms. The maximum Gasteiger partial charge on any atom is 0.311 e. The molecule has 2 N–H and O–H groups in total. The minimum absolute atomic E-state index is 0.0710. The number of carboxylic acid groups (broad SMARTS) is 1. The smallest absolute Gasteiger partial charge is 0.311 e. The summed E-state index contributed by atoms with van der Waals surface area (Å²) in [6.45, 7) is 9.03. The van der Waals surface area contributed by atoms with Crippen LogP contribution in [0.2, 0.25) is 0 Å². The van der Waals surface area contributed by atoms with E-state index in [-0.39, 0.29) is 12.5 Å². The summed E-state index contributed by atoms with van der Waals surface area (Å²) in [5, 5.41) is 12.3. The summed E-state index contributed by atoms with van der Waals surface area (Å²) in [5.41, 5.74) is -1.35. The minimum atomic E-state index is -0.873. The quantitative estimate of drug-likeness (QED) is 0.783. The Morgan fingerprint density at radius 2 is 1.85 bits per heavy atom. The summed E-state index contributed by atoms with van der Waals surface area (Å²) >= 11 is 0. The highest BCUT2D eigenvalue weighted by atomic mass is 16.5. The van der Waals surface area contributed by atoms with Crippen molar-refractivity contribution in [3.8, 4) is 0 Å². The van der Waals surface area contributed by atoms with Gasteiger partial charge in [-0.2, -0.15) is 0 Å². The van der Waals surface area contributed by atoms with E-state index in [1.54, 1.807) is 0 Å². The molecule has 0 aliphatic carbocycles. The summed E-state index contributed by atoms with van der Waals surface area (Å²) in [4.78, 5) is 23.8. The highest BCUT2D eigenvalue weighted by Gasteiger charge is 2.41. The van der Waals surface area contributed by atoms with Crippen LogP contribution in [0.15, 0.2) is 0 Å². The number of rotatable bonds is 6. The third-order valence-corrected chi connectivity index (χ3v) is 4.02. The van der Waals surface area contributed by atoms with Crippen molar-refractivity contribution < 1.29 is 19.4 Å². The summed E-state index contributed by atoms with van der Waals surface area (Å²) in [5.74, 6) is -0.492. The number of aliphatic carboxylic acids is 1. The molecule has 0 aromatic rings. The van der Waals surface area contributed by atoms with Crippen LogP contribution < -0.4 is 5.32 Å². The molecule has 0 aromatic carbocycles. The molecule has 1 amide bonds. The van der Waals surface area contributed by atoms with Gasteiger partial charge in [-0.3, -0.25) is 9.59 Å². The number of hydrogen-bond donors (Lipinski definition) is 2. The van der Waals surface area contributed by atoms with Crippen molar-refractivity contribution in [3.63, 3.8) is 0 Å². The number of amides is 1. The Morgan fingerprint density at radius 3 is 2.30 bits per heavy atom. The van der Waals surface area contributed by atoms with Gasteiger partial charge in [0, 0.05) is 25.2 Å². The third kappa shape index (κ3) is 4.20.